The molecule has 2 aromatic rings. The van der Waals surface area contributed by atoms with Gasteiger partial charge < -0.3 is 4.42 Å². The molecule has 6 heteroatoms. The van der Waals surface area contributed by atoms with E-state index in [1.807, 2.05) is 6.92 Å². The lowest BCUT2D eigenvalue weighted by Gasteiger charge is -1.98. The molecule has 0 unspecified atom stereocenters. The zero-order valence-electron chi connectivity index (χ0n) is 8.19. The number of rotatable bonds is 2. The third-order valence-electron chi connectivity index (χ3n) is 2.10. The van der Waals surface area contributed by atoms with Gasteiger partial charge in [0, 0.05) is 7.05 Å². The number of carbonyl (C=O) groups is 1. The van der Waals surface area contributed by atoms with Crippen LogP contribution in [0.3, 0.4) is 0 Å². The van der Waals surface area contributed by atoms with Crippen molar-refractivity contribution >= 4 is 21.7 Å². The number of aromatic nitrogens is 3. The zero-order valence-corrected chi connectivity index (χ0v) is 9.78. The molecule has 0 spiro atoms. The fraction of sp³-hybridized carbons (Fsp3) is 0.222. The average Bonchev–Trinajstić information content (AvgIpc) is 2.73. The van der Waals surface area contributed by atoms with Gasteiger partial charge in [-0.1, -0.05) is 5.21 Å². The van der Waals surface area contributed by atoms with Crippen LogP contribution in [-0.2, 0) is 7.05 Å². The number of ketones is 1. The molecule has 0 saturated heterocycles. The van der Waals surface area contributed by atoms with Gasteiger partial charge in [-0.3, -0.25) is 4.79 Å². The molecule has 0 radical (unpaired) electrons. The second-order valence-corrected chi connectivity index (χ2v) is 3.90. The van der Waals surface area contributed by atoms with Crippen LogP contribution in [0.25, 0.3) is 0 Å². The summed E-state index contributed by atoms with van der Waals surface area (Å²) < 4.78 is 6.83. The highest BCUT2D eigenvalue weighted by Gasteiger charge is 2.21. The Hall–Kier alpha value is -1.43. The Balaban J connectivity index is 2.50. The molecule has 0 fully saturated rings. The van der Waals surface area contributed by atoms with Crippen LogP contribution in [0.1, 0.15) is 21.6 Å². The summed E-state index contributed by atoms with van der Waals surface area (Å²) >= 11 is 3.18. The van der Waals surface area contributed by atoms with Gasteiger partial charge >= 0.3 is 0 Å². The Morgan fingerprint density at radius 2 is 2.27 bits per heavy atom. The first-order chi connectivity index (χ1) is 7.11. The molecule has 0 amide bonds. The van der Waals surface area contributed by atoms with Crippen molar-refractivity contribution in [2.75, 3.05) is 0 Å². The van der Waals surface area contributed by atoms with E-state index in [-0.39, 0.29) is 5.78 Å². The Morgan fingerprint density at radius 3 is 2.73 bits per heavy atom. The molecule has 0 N–H and O–H groups in total. The van der Waals surface area contributed by atoms with Crippen molar-refractivity contribution in [2.24, 2.45) is 7.05 Å². The molecular weight excluding hydrogens is 262 g/mol. The first kappa shape index (κ1) is 10.1. The van der Waals surface area contributed by atoms with Crippen molar-refractivity contribution in [3.8, 4) is 0 Å². The van der Waals surface area contributed by atoms with Crippen molar-refractivity contribution < 1.29 is 9.21 Å². The summed E-state index contributed by atoms with van der Waals surface area (Å²) in [7, 11) is 1.67. The molecule has 15 heavy (non-hydrogen) atoms. The second-order valence-electron chi connectivity index (χ2n) is 3.15. The smallest absolute Gasteiger partial charge is 0.217 e. The van der Waals surface area contributed by atoms with E-state index in [1.165, 1.54) is 17.2 Å². The average molecular weight is 270 g/mol. The summed E-state index contributed by atoms with van der Waals surface area (Å²) in [6.45, 7) is 1.81. The predicted octanol–water partition coefficient (Wildman–Crippen LogP) is 1.71. The highest BCUT2D eigenvalue weighted by molar-refractivity contribution is 9.10. The van der Waals surface area contributed by atoms with Crippen LogP contribution in [0.4, 0.5) is 0 Å². The van der Waals surface area contributed by atoms with Gasteiger partial charge in [0.1, 0.15) is 12.0 Å². The molecule has 0 aliphatic carbocycles. The highest BCUT2D eigenvalue weighted by Crippen LogP contribution is 2.19. The van der Waals surface area contributed by atoms with Crippen LogP contribution in [0, 0.1) is 6.92 Å². The molecule has 2 aromatic heterocycles. The number of hydrogen-bond acceptors (Lipinski definition) is 4. The van der Waals surface area contributed by atoms with Crippen LogP contribution in [0.15, 0.2) is 21.5 Å². The third-order valence-corrected chi connectivity index (χ3v) is 2.64. The van der Waals surface area contributed by atoms with Crippen LogP contribution in [0.2, 0.25) is 0 Å². The molecule has 0 aromatic carbocycles. The van der Waals surface area contributed by atoms with Gasteiger partial charge in [0.15, 0.2) is 4.60 Å². The van der Waals surface area contributed by atoms with Crippen LogP contribution < -0.4 is 0 Å². The standard InChI is InChI=1S/C9H8BrN3O2/c1-5-3-15-4-6(5)8(14)7-9(10)11-12-13(7)2/h3-4H,1-2H3. The molecule has 0 saturated carbocycles. The summed E-state index contributed by atoms with van der Waals surface area (Å²) in [4.78, 5) is 12.0. The Kier molecular flexibility index (Phi) is 2.44. The van der Waals surface area contributed by atoms with E-state index in [0.29, 0.717) is 15.9 Å². The minimum absolute atomic E-state index is 0.152. The van der Waals surface area contributed by atoms with Crippen molar-refractivity contribution in [2.45, 2.75) is 6.92 Å². The SMILES string of the molecule is Cc1cocc1C(=O)c1c(Br)nnn1C. The molecule has 2 heterocycles. The summed E-state index contributed by atoms with van der Waals surface area (Å²) in [6, 6.07) is 0. The monoisotopic (exact) mass is 269 g/mol. The quantitative estimate of drug-likeness (QED) is 0.779. The van der Waals surface area contributed by atoms with Gasteiger partial charge in [-0.15, -0.1) is 5.10 Å². The first-order valence-corrected chi connectivity index (χ1v) is 5.03. The maximum Gasteiger partial charge on any atom is 0.217 e. The molecule has 78 valence electrons. The fourth-order valence-electron chi connectivity index (χ4n) is 1.29. The number of furan rings is 1. The zero-order chi connectivity index (χ0) is 11.0. The lowest BCUT2D eigenvalue weighted by Crippen LogP contribution is -2.09. The summed E-state index contributed by atoms with van der Waals surface area (Å²) in [5.41, 5.74) is 1.74. The van der Waals surface area contributed by atoms with E-state index in [4.69, 9.17) is 4.42 Å². The normalized spacial score (nSPS) is 10.6. The van der Waals surface area contributed by atoms with Gasteiger partial charge in [-0.25, -0.2) is 4.68 Å². The fourth-order valence-corrected chi connectivity index (χ4v) is 1.80. The van der Waals surface area contributed by atoms with Gasteiger partial charge in [-0.05, 0) is 28.4 Å². The van der Waals surface area contributed by atoms with Crippen molar-refractivity contribution in [3.05, 3.63) is 34.0 Å². The maximum absolute atomic E-state index is 12.0. The topological polar surface area (TPSA) is 60.9 Å². The van der Waals surface area contributed by atoms with Crippen molar-refractivity contribution in [1.82, 2.24) is 15.0 Å². The van der Waals surface area contributed by atoms with E-state index < -0.39 is 0 Å². The Labute approximate surface area is 94.2 Å². The van der Waals surface area contributed by atoms with E-state index in [1.54, 1.807) is 7.05 Å². The van der Waals surface area contributed by atoms with Crippen LogP contribution in [0.5, 0.6) is 0 Å². The Bertz CT molecular complexity index is 496. The van der Waals surface area contributed by atoms with Crippen molar-refractivity contribution in [3.63, 3.8) is 0 Å². The van der Waals surface area contributed by atoms with E-state index in [0.717, 1.165) is 5.56 Å². The predicted molar refractivity (Wildman–Crippen MR) is 55.6 cm³/mol. The largest absolute Gasteiger partial charge is 0.472 e. The number of nitrogens with zero attached hydrogens (tertiary/aromatic N) is 3. The first-order valence-electron chi connectivity index (χ1n) is 4.24. The number of hydrogen-bond donors (Lipinski definition) is 0. The molecule has 2 rings (SSSR count). The molecular formula is C9H8BrN3O2. The van der Waals surface area contributed by atoms with Gasteiger partial charge in [-0.2, -0.15) is 0 Å². The number of aryl methyl sites for hydroxylation is 2. The van der Waals surface area contributed by atoms with E-state index in [2.05, 4.69) is 26.2 Å². The molecule has 0 aliphatic heterocycles. The molecule has 0 atom stereocenters. The van der Waals surface area contributed by atoms with Gasteiger partial charge in [0.25, 0.3) is 0 Å². The molecule has 0 bridgehead atoms. The minimum Gasteiger partial charge on any atom is -0.472 e. The Morgan fingerprint density at radius 1 is 1.53 bits per heavy atom. The van der Waals surface area contributed by atoms with Crippen LogP contribution in [-0.4, -0.2) is 20.8 Å². The highest BCUT2D eigenvalue weighted by atomic mass is 79.9. The second kappa shape index (κ2) is 3.62. The summed E-state index contributed by atoms with van der Waals surface area (Å²) in [5.74, 6) is -0.152. The molecule has 0 aliphatic rings. The van der Waals surface area contributed by atoms with Crippen LogP contribution >= 0.6 is 15.9 Å². The summed E-state index contributed by atoms with van der Waals surface area (Å²) in [5, 5.41) is 7.50. The third kappa shape index (κ3) is 1.61. The number of carbonyl (C=O) groups excluding carboxylic acids is 1. The molecule has 5 nitrogen and oxygen atoms in total. The lowest BCUT2D eigenvalue weighted by atomic mass is 10.1. The lowest BCUT2D eigenvalue weighted by molar-refractivity contribution is 0.102. The van der Waals surface area contributed by atoms with Gasteiger partial charge in [0.2, 0.25) is 5.78 Å². The maximum atomic E-state index is 12.0. The number of halogens is 1. The minimum atomic E-state index is -0.152. The van der Waals surface area contributed by atoms with E-state index >= 15 is 0 Å². The van der Waals surface area contributed by atoms with Crippen molar-refractivity contribution in [1.29, 1.82) is 0 Å². The summed E-state index contributed by atoms with van der Waals surface area (Å²) in [6.07, 6.45) is 2.96. The van der Waals surface area contributed by atoms with Gasteiger partial charge in [0.05, 0.1) is 11.8 Å². The van der Waals surface area contributed by atoms with E-state index in [9.17, 15) is 4.79 Å².